The topological polar surface area (TPSA) is 71.8 Å². The predicted octanol–water partition coefficient (Wildman–Crippen LogP) is 0.335. The van der Waals surface area contributed by atoms with Crippen LogP contribution < -0.4 is 5.73 Å². The molecule has 3 N–H and O–H groups in total. The van der Waals surface area contributed by atoms with Gasteiger partial charge in [-0.1, -0.05) is 0 Å². The maximum Gasteiger partial charge on any atom is 0.269 e. The zero-order chi connectivity index (χ0) is 9.42. The van der Waals surface area contributed by atoms with Gasteiger partial charge in [-0.15, -0.1) is 0 Å². The van der Waals surface area contributed by atoms with Gasteiger partial charge < -0.3 is 5.73 Å². The Bertz CT molecular complexity index is 347. The number of fused-ring (bicyclic) bond motifs is 1. The molecule has 1 amide bonds. The molecule has 0 fully saturated rings. The number of H-pyrrole nitrogens is 1. The van der Waals surface area contributed by atoms with Crippen LogP contribution in [0, 0.1) is 0 Å². The second-order valence-electron chi connectivity index (χ2n) is 3.23. The van der Waals surface area contributed by atoms with E-state index < -0.39 is 12.1 Å². The molecule has 0 bridgehead atoms. The minimum Gasteiger partial charge on any atom is -0.364 e. The van der Waals surface area contributed by atoms with E-state index in [1.165, 1.54) is 0 Å². The molecule has 5 heteroatoms. The van der Waals surface area contributed by atoms with Crippen molar-refractivity contribution in [1.82, 2.24) is 10.2 Å². The van der Waals surface area contributed by atoms with Crippen molar-refractivity contribution < 1.29 is 9.18 Å². The molecule has 1 aliphatic carbocycles. The Morgan fingerprint density at radius 1 is 1.69 bits per heavy atom. The Morgan fingerprint density at radius 2 is 2.46 bits per heavy atom. The molecule has 0 saturated heterocycles. The van der Waals surface area contributed by atoms with E-state index in [2.05, 4.69) is 10.2 Å². The highest BCUT2D eigenvalue weighted by Gasteiger charge is 2.24. The average molecular weight is 183 g/mol. The van der Waals surface area contributed by atoms with Crippen molar-refractivity contribution in [3.8, 4) is 0 Å². The number of aromatic nitrogens is 2. The first-order valence-electron chi connectivity index (χ1n) is 4.18. The standard InChI is InChI=1S/C8H10FN3O/c9-4-1-2-5-6(3-4)11-12-7(5)8(10)13/h4H,1-3H2,(H2,10,13)(H,11,12). The maximum absolute atomic E-state index is 12.9. The highest BCUT2D eigenvalue weighted by atomic mass is 19.1. The third-order valence-electron chi connectivity index (χ3n) is 2.32. The number of carbonyl (C=O) groups is 1. The summed E-state index contributed by atoms with van der Waals surface area (Å²) in [5.74, 6) is -0.546. The highest BCUT2D eigenvalue weighted by molar-refractivity contribution is 5.92. The van der Waals surface area contributed by atoms with Crippen LogP contribution in [0.5, 0.6) is 0 Å². The Hall–Kier alpha value is -1.39. The molecule has 1 aliphatic rings. The van der Waals surface area contributed by atoms with E-state index in [4.69, 9.17) is 5.73 Å². The van der Waals surface area contributed by atoms with Crippen LogP contribution in [0.1, 0.15) is 28.2 Å². The van der Waals surface area contributed by atoms with E-state index in [0.29, 0.717) is 25.0 Å². The summed E-state index contributed by atoms with van der Waals surface area (Å²) in [6.07, 6.45) is 0.488. The van der Waals surface area contributed by atoms with Crippen LogP contribution in [0.15, 0.2) is 0 Å². The lowest BCUT2D eigenvalue weighted by atomic mass is 9.94. The molecule has 1 unspecified atom stereocenters. The van der Waals surface area contributed by atoms with Gasteiger partial charge in [0, 0.05) is 17.7 Å². The fourth-order valence-electron chi connectivity index (χ4n) is 1.67. The van der Waals surface area contributed by atoms with Gasteiger partial charge in [-0.3, -0.25) is 9.89 Å². The molecule has 1 atom stereocenters. The van der Waals surface area contributed by atoms with Crippen molar-refractivity contribution >= 4 is 5.91 Å². The summed E-state index contributed by atoms with van der Waals surface area (Å²) in [4.78, 5) is 10.9. The molecule has 0 aromatic carbocycles. The molecule has 1 heterocycles. The smallest absolute Gasteiger partial charge is 0.269 e. The normalized spacial score (nSPS) is 21.2. The number of carbonyl (C=O) groups excluding carboxylic acids is 1. The SMILES string of the molecule is NC(=O)c1n[nH]c2c1CCC(F)C2. The summed E-state index contributed by atoms with van der Waals surface area (Å²) >= 11 is 0. The van der Waals surface area contributed by atoms with Gasteiger partial charge in [0.1, 0.15) is 6.17 Å². The first kappa shape index (κ1) is 8.22. The fourth-order valence-corrected chi connectivity index (χ4v) is 1.67. The summed E-state index contributed by atoms with van der Waals surface area (Å²) in [5, 5.41) is 6.41. The minimum atomic E-state index is -0.825. The Balaban J connectivity index is 2.39. The number of hydrogen-bond donors (Lipinski definition) is 2. The van der Waals surface area contributed by atoms with E-state index in [9.17, 15) is 9.18 Å². The van der Waals surface area contributed by atoms with Crippen LogP contribution >= 0.6 is 0 Å². The van der Waals surface area contributed by atoms with Crippen molar-refractivity contribution in [3.05, 3.63) is 17.0 Å². The summed E-state index contributed by atoms with van der Waals surface area (Å²) in [6.45, 7) is 0. The molecule has 4 nitrogen and oxygen atoms in total. The van der Waals surface area contributed by atoms with Crippen LogP contribution in [0.3, 0.4) is 0 Å². The zero-order valence-corrected chi connectivity index (χ0v) is 7.01. The molecule has 70 valence electrons. The number of alkyl halides is 1. The van der Waals surface area contributed by atoms with Crippen LogP contribution in [0.25, 0.3) is 0 Å². The molecular weight excluding hydrogens is 173 g/mol. The molecular formula is C8H10FN3O. The van der Waals surface area contributed by atoms with Gasteiger partial charge >= 0.3 is 0 Å². The van der Waals surface area contributed by atoms with E-state index in [0.717, 1.165) is 5.56 Å². The number of aromatic amines is 1. The summed E-state index contributed by atoms with van der Waals surface area (Å²) in [6, 6.07) is 0. The quantitative estimate of drug-likeness (QED) is 0.658. The lowest BCUT2D eigenvalue weighted by Gasteiger charge is -2.14. The van der Waals surface area contributed by atoms with Crippen molar-refractivity contribution in [2.24, 2.45) is 5.73 Å². The lowest BCUT2D eigenvalue weighted by molar-refractivity contribution is 0.0994. The Kier molecular flexibility index (Phi) is 1.79. The van der Waals surface area contributed by atoms with Crippen LogP contribution in [0.2, 0.25) is 0 Å². The van der Waals surface area contributed by atoms with Gasteiger partial charge in [-0.05, 0) is 12.8 Å². The van der Waals surface area contributed by atoms with Crippen molar-refractivity contribution in [1.29, 1.82) is 0 Å². The van der Waals surface area contributed by atoms with Crippen LogP contribution in [-0.2, 0) is 12.8 Å². The third kappa shape index (κ3) is 1.30. The summed E-state index contributed by atoms with van der Waals surface area (Å²) in [7, 11) is 0. The van der Waals surface area contributed by atoms with Gasteiger partial charge in [-0.2, -0.15) is 5.10 Å². The molecule has 13 heavy (non-hydrogen) atoms. The van der Waals surface area contributed by atoms with Crippen LogP contribution in [-0.4, -0.2) is 22.3 Å². The number of nitrogens with two attached hydrogens (primary N) is 1. The first-order chi connectivity index (χ1) is 6.18. The Labute approximate surface area is 74.3 Å². The fraction of sp³-hybridized carbons (Fsp3) is 0.500. The number of rotatable bonds is 1. The lowest BCUT2D eigenvalue weighted by Crippen LogP contribution is -2.18. The second-order valence-corrected chi connectivity index (χ2v) is 3.23. The first-order valence-corrected chi connectivity index (χ1v) is 4.18. The van der Waals surface area contributed by atoms with Gasteiger partial charge in [-0.25, -0.2) is 4.39 Å². The van der Waals surface area contributed by atoms with Crippen molar-refractivity contribution in [2.45, 2.75) is 25.4 Å². The highest BCUT2D eigenvalue weighted by Crippen LogP contribution is 2.23. The molecule has 0 spiro atoms. The van der Waals surface area contributed by atoms with Crippen molar-refractivity contribution in [3.63, 3.8) is 0 Å². The average Bonchev–Trinajstić information content (AvgIpc) is 2.46. The largest absolute Gasteiger partial charge is 0.364 e. The minimum absolute atomic E-state index is 0.266. The van der Waals surface area contributed by atoms with Crippen LogP contribution in [0.4, 0.5) is 4.39 Å². The summed E-state index contributed by atoms with van der Waals surface area (Å²) in [5.41, 5.74) is 6.88. The number of nitrogens with zero attached hydrogens (tertiary/aromatic N) is 1. The predicted molar refractivity (Wildman–Crippen MR) is 44.0 cm³/mol. The molecule has 1 aromatic rings. The zero-order valence-electron chi connectivity index (χ0n) is 7.01. The van der Waals surface area contributed by atoms with Gasteiger partial charge in [0.05, 0.1) is 0 Å². The van der Waals surface area contributed by atoms with E-state index in [1.807, 2.05) is 0 Å². The monoisotopic (exact) mass is 183 g/mol. The van der Waals surface area contributed by atoms with E-state index in [1.54, 1.807) is 0 Å². The molecule has 2 rings (SSSR count). The molecule has 1 aromatic heterocycles. The number of primary amides is 1. The number of hydrogen-bond acceptors (Lipinski definition) is 2. The Morgan fingerprint density at radius 3 is 3.15 bits per heavy atom. The van der Waals surface area contributed by atoms with E-state index in [-0.39, 0.29) is 5.69 Å². The molecule has 0 saturated carbocycles. The van der Waals surface area contributed by atoms with Gasteiger partial charge in [0.15, 0.2) is 5.69 Å². The third-order valence-corrected chi connectivity index (χ3v) is 2.32. The number of nitrogens with one attached hydrogen (secondary N) is 1. The van der Waals surface area contributed by atoms with Gasteiger partial charge in [0.25, 0.3) is 5.91 Å². The second kappa shape index (κ2) is 2.83. The van der Waals surface area contributed by atoms with E-state index >= 15 is 0 Å². The number of halogens is 1. The van der Waals surface area contributed by atoms with Gasteiger partial charge in [0.2, 0.25) is 0 Å². The molecule has 0 radical (unpaired) electrons. The van der Waals surface area contributed by atoms with Crippen molar-refractivity contribution in [2.75, 3.05) is 0 Å². The molecule has 0 aliphatic heterocycles. The maximum atomic E-state index is 12.9. The number of amides is 1. The summed E-state index contributed by atoms with van der Waals surface area (Å²) < 4.78 is 12.9.